The molecule has 0 aliphatic heterocycles. The first-order valence-corrected chi connectivity index (χ1v) is 6.33. The Balaban J connectivity index is 1.76. The molecular weight excluding hydrogens is 188 g/mol. The smallest absolute Gasteiger partial charge is 0.315 e. The maximum Gasteiger partial charge on any atom is 0.315 e. The summed E-state index contributed by atoms with van der Waals surface area (Å²) >= 11 is 0. The van der Waals surface area contributed by atoms with Crippen LogP contribution in [0.2, 0.25) is 0 Å². The third kappa shape index (κ3) is 2.44. The first-order chi connectivity index (χ1) is 7.24. The lowest BCUT2D eigenvalue weighted by Gasteiger charge is -2.42. The largest absolute Gasteiger partial charge is 0.335 e. The van der Waals surface area contributed by atoms with E-state index in [1.807, 2.05) is 0 Å². The molecule has 3 heteroatoms. The Morgan fingerprint density at radius 1 is 1.27 bits per heavy atom. The molecule has 2 saturated carbocycles. The second-order valence-corrected chi connectivity index (χ2v) is 5.07. The number of carbonyl (C=O) groups is 1. The molecule has 2 amide bonds. The summed E-state index contributed by atoms with van der Waals surface area (Å²) in [6.07, 6.45) is 9.48. The fourth-order valence-electron chi connectivity index (χ4n) is 2.70. The van der Waals surface area contributed by atoms with Crippen LogP contribution in [0.3, 0.4) is 0 Å². The highest BCUT2D eigenvalue weighted by Crippen LogP contribution is 2.34. The van der Waals surface area contributed by atoms with Crippen molar-refractivity contribution in [3.63, 3.8) is 0 Å². The van der Waals surface area contributed by atoms with Crippen molar-refractivity contribution < 1.29 is 4.79 Å². The van der Waals surface area contributed by atoms with Crippen molar-refractivity contribution in [2.75, 3.05) is 0 Å². The zero-order chi connectivity index (χ0) is 10.7. The molecular formula is C12H22N2O. The van der Waals surface area contributed by atoms with Gasteiger partial charge < -0.3 is 10.6 Å². The summed E-state index contributed by atoms with van der Waals surface area (Å²) in [5.74, 6) is 0. The summed E-state index contributed by atoms with van der Waals surface area (Å²) in [6.45, 7) is 2.16. The monoisotopic (exact) mass is 210 g/mol. The standard InChI is InChI=1S/C12H22N2O/c1-2-12(8-5-9-12)14-11(15)13-10-6-3-4-7-10/h10H,2-9H2,1H3,(H2,13,14,15). The Bertz CT molecular complexity index is 224. The SMILES string of the molecule is CCC1(NC(=O)NC2CCCC2)CCC1. The van der Waals surface area contributed by atoms with Gasteiger partial charge in [-0.3, -0.25) is 0 Å². The quantitative estimate of drug-likeness (QED) is 0.738. The molecule has 3 nitrogen and oxygen atoms in total. The van der Waals surface area contributed by atoms with Crippen LogP contribution in [0.5, 0.6) is 0 Å². The van der Waals surface area contributed by atoms with Crippen molar-refractivity contribution in [3.8, 4) is 0 Å². The van der Waals surface area contributed by atoms with Gasteiger partial charge in [-0.05, 0) is 38.5 Å². The number of nitrogens with one attached hydrogen (secondary N) is 2. The minimum absolute atomic E-state index is 0.0588. The Labute approximate surface area is 92.0 Å². The van der Waals surface area contributed by atoms with Crippen molar-refractivity contribution in [1.82, 2.24) is 10.6 Å². The predicted molar refractivity (Wildman–Crippen MR) is 60.8 cm³/mol. The van der Waals surface area contributed by atoms with Crippen LogP contribution in [0.15, 0.2) is 0 Å². The Morgan fingerprint density at radius 2 is 1.93 bits per heavy atom. The van der Waals surface area contributed by atoms with Gasteiger partial charge in [-0.25, -0.2) is 4.79 Å². The molecule has 0 radical (unpaired) electrons. The van der Waals surface area contributed by atoms with E-state index in [1.54, 1.807) is 0 Å². The Morgan fingerprint density at radius 3 is 2.40 bits per heavy atom. The van der Waals surface area contributed by atoms with Crippen LogP contribution < -0.4 is 10.6 Å². The van der Waals surface area contributed by atoms with Crippen molar-refractivity contribution >= 4 is 6.03 Å². The predicted octanol–water partition coefficient (Wildman–Crippen LogP) is 2.56. The minimum Gasteiger partial charge on any atom is -0.335 e. The highest BCUT2D eigenvalue weighted by Gasteiger charge is 2.36. The molecule has 0 aromatic carbocycles. The maximum atomic E-state index is 11.7. The molecule has 2 fully saturated rings. The van der Waals surface area contributed by atoms with E-state index >= 15 is 0 Å². The van der Waals surface area contributed by atoms with E-state index in [-0.39, 0.29) is 11.6 Å². The van der Waals surface area contributed by atoms with Crippen molar-refractivity contribution in [2.24, 2.45) is 0 Å². The van der Waals surface area contributed by atoms with Crippen LogP contribution in [0.25, 0.3) is 0 Å². The van der Waals surface area contributed by atoms with Gasteiger partial charge in [0.15, 0.2) is 0 Å². The molecule has 2 aliphatic carbocycles. The summed E-state index contributed by atoms with van der Waals surface area (Å²) < 4.78 is 0. The second-order valence-electron chi connectivity index (χ2n) is 5.07. The molecule has 0 spiro atoms. The number of amides is 2. The zero-order valence-corrected chi connectivity index (χ0v) is 9.64. The van der Waals surface area contributed by atoms with Crippen LogP contribution >= 0.6 is 0 Å². The molecule has 15 heavy (non-hydrogen) atoms. The van der Waals surface area contributed by atoms with Crippen molar-refractivity contribution in [1.29, 1.82) is 0 Å². The van der Waals surface area contributed by atoms with Crippen molar-refractivity contribution in [3.05, 3.63) is 0 Å². The first-order valence-electron chi connectivity index (χ1n) is 6.33. The van der Waals surface area contributed by atoms with Crippen LogP contribution in [0.1, 0.15) is 58.3 Å². The minimum atomic E-state index is 0.0588. The van der Waals surface area contributed by atoms with Gasteiger partial charge in [-0.2, -0.15) is 0 Å². The Hall–Kier alpha value is -0.730. The van der Waals surface area contributed by atoms with Gasteiger partial charge in [0.2, 0.25) is 0 Å². The summed E-state index contributed by atoms with van der Waals surface area (Å²) in [4.78, 5) is 11.7. The molecule has 2 N–H and O–H groups in total. The topological polar surface area (TPSA) is 41.1 Å². The zero-order valence-electron chi connectivity index (χ0n) is 9.64. The summed E-state index contributed by atoms with van der Waals surface area (Å²) in [5.41, 5.74) is 0.128. The molecule has 0 heterocycles. The van der Waals surface area contributed by atoms with Gasteiger partial charge in [0, 0.05) is 11.6 Å². The highest BCUT2D eigenvalue weighted by atomic mass is 16.2. The molecule has 2 aliphatic rings. The summed E-state index contributed by atoms with van der Waals surface area (Å²) in [7, 11) is 0. The third-order valence-corrected chi connectivity index (χ3v) is 4.06. The molecule has 86 valence electrons. The Kier molecular flexibility index (Phi) is 3.17. The van der Waals surface area contributed by atoms with E-state index < -0.39 is 0 Å². The lowest BCUT2D eigenvalue weighted by atomic mass is 9.75. The fourth-order valence-corrected chi connectivity index (χ4v) is 2.70. The number of urea groups is 1. The van der Waals surface area contributed by atoms with Gasteiger partial charge in [0.05, 0.1) is 0 Å². The van der Waals surface area contributed by atoms with Crippen molar-refractivity contribution in [2.45, 2.75) is 69.9 Å². The first kappa shape index (κ1) is 10.8. The summed E-state index contributed by atoms with van der Waals surface area (Å²) in [6, 6.07) is 0.488. The van der Waals surface area contributed by atoms with E-state index in [9.17, 15) is 4.79 Å². The van der Waals surface area contributed by atoms with Gasteiger partial charge in [0.25, 0.3) is 0 Å². The molecule has 0 unspecified atom stereocenters. The van der Waals surface area contributed by atoms with E-state index in [0.717, 1.165) is 32.1 Å². The van der Waals surface area contributed by atoms with E-state index in [1.165, 1.54) is 19.3 Å². The maximum absolute atomic E-state index is 11.7. The van der Waals surface area contributed by atoms with E-state index in [0.29, 0.717) is 6.04 Å². The molecule has 0 atom stereocenters. The van der Waals surface area contributed by atoms with Gasteiger partial charge in [0.1, 0.15) is 0 Å². The number of hydrogen-bond donors (Lipinski definition) is 2. The van der Waals surface area contributed by atoms with Gasteiger partial charge in [-0.1, -0.05) is 19.8 Å². The lowest BCUT2D eigenvalue weighted by molar-refractivity contribution is 0.170. The van der Waals surface area contributed by atoms with Crippen LogP contribution in [-0.2, 0) is 0 Å². The van der Waals surface area contributed by atoms with Crippen LogP contribution in [0, 0.1) is 0 Å². The molecule has 0 aromatic rings. The average Bonchev–Trinajstić information content (AvgIpc) is 2.64. The number of rotatable bonds is 3. The normalized spacial score (nSPS) is 24.6. The third-order valence-electron chi connectivity index (χ3n) is 4.06. The van der Waals surface area contributed by atoms with E-state index in [2.05, 4.69) is 17.6 Å². The van der Waals surface area contributed by atoms with Crippen LogP contribution in [0.4, 0.5) is 4.79 Å². The fraction of sp³-hybridized carbons (Fsp3) is 0.917. The molecule has 0 aromatic heterocycles. The lowest BCUT2D eigenvalue weighted by Crippen LogP contribution is -2.57. The molecule has 2 rings (SSSR count). The van der Waals surface area contributed by atoms with Crippen LogP contribution in [-0.4, -0.2) is 17.6 Å². The highest BCUT2D eigenvalue weighted by molar-refractivity contribution is 5.75. The number of hydrogen-bond acceptors (Lipinski definition) is 1. The van der Waals surface area contributed by atoms with Gasteiger partial charge >= 0.3 is 6.03 Å². The molecule has 0 bridgehead atoms. The average molecular weight is 210 g/mol. The van der Waals surface area contributed by atoms with E-state index in [4.69, 9.17) is 0 Å². The van der Waals surface area contributed by atoms with Gasteiger partial charge in [-0.15, -0.1) is 0 Å². The number of carbonyl (C=O) groups excluding carboxylic acids is 1. The second kappa shape index (κ2) is 4.42. The molecule has 0 saturated heterocycles. The summed E-state index contributed by atoms with van der Waals surface area (Å²) in [5, 5.41) is 6.24.